The van der Waals surface area contributed by atoms with Gasteiger partial charge in [-0.15, -0.1) is 11.3 Å². The third-order valence-electron chi connectivity index (χ3n) is 2.22. The zero-order chi connectivity index (χ0) is 15.0. The Labute approximate surface area is 115 Å². The predicted molar refractivity (Wildman–Crippen MR) is 63.4 cm³/mol. The molecule has 0 saturated heterocycles. The van der Waals surface area contributed by atoms with Crippen molar-refractivity contribution < 1.29 is 26.1 Å². The minimum atomic E-state index is -4.32. The van der Waals surface area contributed by atoms with Crippen LogP contribution in [0.15, 0.2) is 20.2 Å². The monoisotopic (exact) mass is 327 g/mol. The first-order valence-electron chi connectivity index (χ1n) is 5.17. The van der Waals surface area contributed by atoms with Gasteiger partial charge in [0.05, 0.1) is 12.0 Å². The summed E-state index contributed by atoms with van der Waals surface area (Å²) in [5.41, 5.74) is 0.0864. The summed E-state index contributed by atoms with van der Waals surface area (Å²) in [5, 5.41) is 9.84. The predicted octanol–water partition coefficient (Wildman–Crippen LogP) is 1.94. The van der Waals surface area contributed by atoms with E-state index in [1.807, 2.05) is 0 Å². The standard InChI is InChI=1S/C9H8F3N3O3S2/c10-9(11,12)3-1-6-14-7(18-15-6)5-2-4-19-8(5)20(13,16)17/h2,4H,1,3H2,(H2,13,16,17). The number of hydrogen-bond donors (Lipinski definition) is 1. The SMILES string of the molecule is NS(=O)(=O)c1sccc1-c1nc(CCC(F)(F)F)no1. The second kappa shape index (κ2) is 5.14. The minimum absolute atomic E-state index is 0.0864. The largest absolute Gasteiger partial charge is 0.389 e. The number of aryl methyl sites for hydroxylation is 1. The van der Waals surface area contributed by atoms with Gasteiger partial charge in [-0.25, -0.2) is 13.6 Å². The summed E-state index contributed by atoms with van der Waals surface area (Å²) in [5.74, 6) is -0.323. The van der Waals surface area contributed by atoms with Crippen LogP contribution in [0.2, 0.25) is 0 Å². The molecule has 6 nitrogen and oxygen atoms in total. The number of sulfonamides is 1. The van der Waals surface area contributed by atoms with Gasteiger partial charge in [0.25, 0.3) is 5.89 Å². The molecule has 0 atom stereocenters. The Bertz CT molecular complexity index is 705. The van der Waals surface area contributed by atoms with Gasteiger partial charge >= 0.3 is 6.18 Å². The highest BCUT2D eigenvalue weighted by Crippen LogP contribution is 2.30. The summed E-state index contributed by atoms with van der Waals surface area (Å²) in [4.78, 5) is 3.74. The fraction of sp³-hybridized carbons (Fsp3) is 0.333. The number of nitrogens with two attached hydrogens (primary N) is 1. The van der Waals surface area contributed by atoms with E-state index in [0.29, 0.717) is 0 Å². The fourth-order valence-corrected chi connectivity index (χ4v) is 3.17. The molecule has 0 aliphatic heterocycles. The maximum absolute atomic E-state index is 12.1. The maximum Gasteiger partial charge on any atom is 0.389 e. The van der Waals surface area contributed by atoms with Crippen LogP contribution in [0.1, 0.15) is 12.2 Å². The molecule has 0 amide bonds. The van der Waals surface area contributed by atoms with Crippen molar-refractivity contribution in [2.24, 2.45) is 5.14 Å². The molecule has 0 aromatic carbocycles. The Hall–Kier alpha value is -1.46. The van der Waals surface area contributed by atoms with Crippen molar-refractivity contribution in [2.45, 2.75) is 23.2 Å². The molecule has 0 bridgehead atoms. The van der Waals surface area contributed by atoms with E-state index in [1.54, 1.807) is 0 Å². The highest BCUT2D eigenvalue weighted by atomic mass is 32.2. The van der Waals surface area contributed by atoms with E-state index in [2.05, 4.69) is 10.1 Å². The number of thiophene rings is 1. The summed E-state index contributed by atoms with van der Waals surface area (Å²) in [7, 11) is -3.95. The smallest absolute Gasteiger partial charge is 0.334 e. The van der Waals surface area contributed by atoms with E-state index in [-0.39, 0.29) is 21.5 Å². The van der Waals surface area contributed by atoms with Gasteiger partial charge in [-0.05, 0) is 11.4 Å². The van der Waals surface area contributed by atoms with Crippen LogP contribution < -0.4 is 5.14 Å². The van der Waals surface area contributed by atoms with Crippen LogP contribution in [0.5, 0.6) is 0 Å². The van der Waals surface area contributed by atoms with Gasteiger partial charge < -0.3 is 4.52 Å². The molecule has 0 aliphatic rings. The lowest BCUT2D eigenvalue weighted by molar-refractivity contribution is -0.134. The fourth-order valence-electron chi connectivity index (χ4n) is 1.39. The zero-order valence-corrected chi connectivity index (χ0v) is 11.3. The van der Waals surface area contributed by atoms with E-state index in [0.717, 1.165) is 11.3 Å². The van der Waals surface area contributed by atoms with Crippen molar-refractivity contribution in [2.75, 3.05) is 0 Å². The van der Waals surface area contributed by atoms with Gasteiger partial charge in [-0.2, -0.15) is 18.2 Å². The van der Waals surface area contributed by atoms with Crippen molar-refractivity contribution in [3.63, 3.8) is 0 Å². The number of alkyl halides is 3. The zero-order valence-electron chi connectivity index (χ0n) is 9.72. The van der Waals surface area contributed by atoms with Crippen molar-refractivity contribution in [3.05, 3.63) is 17.3 Å². The van der Waals surface area contributed by atoms with Crippen molar-refractivity contribution in [1.82, 2.24) is 10.1 Å². The topological polar surface area (TPSA) is 99.1 Å². The van der Waals surface area contributed by atoms with Gasteiger partial charge in [0, 0.05) is 6.42 Å². The molecule has 2 aromatic rings. The number of halogens is 3. The molecule has 2 N–H and O–H groups in total. The first-order chi connectivity index (χ1) is 9.17. The lowest BCUT2D eigenvalue weighted by Gasteiger charge is -2.01. The lowest BCUT2D eigenvalue weighted by Crippen LogP contribution is -2.11. The molecule has 2 heterocycles. The van der Waals surface area contributed by atoms with Crippen LogP contribution in [-0.2, 0) is 16.4 Å². The maximum atomic E-state index is 12.1. The Balaban J connectivity index is 2.24. The molecule has 0 fully saturated rings. The van der Waals surface area contributed by atoms with Crippen LogP contribution in [0.4, 0.5) is 13.2 Å². The van der Waals surface area contributed by atoms with Crippen molar-refractivity contribution in [3.8, 4) is 11.5 Å². The van der Waals surface area contributed by atoms with Crippen molar-refractivity contribution >= 4 is 21.4 Å². The molecule has 0 saturated carbocycles. The van der Waals surface area contributed by atoms with Crippen LogP contribution >= 0.6 is 11.3 Å². The summed E-state index contributed by atoms with van der Waals surface area (Å²) < 4.78 is 63.4. The average molecular weight is 327 g/mol. The van der Waals surface area contributed by atoms with Gasteiger partial charge in [0.1, 0.15) is 4.21 Å². The van der Waals surface area contributed by atoms with E-state index < -0.39 is 29.0 Å². The molecule has 0 spiro atoms. The van der Waals surface area contributed by atoms with Gasteiger partial charge in [-0.1, -0.05) is 5.16 Å². The summed E-state index contributed by atoms with van der Waals surface area (Å²) in [6.07, 6.45) is -5.85. The second-order valence-corrected chi connectivity index (χ2v) is 6.47. The minimum Gasteiger partial charge on any atom is -0.334 e. The van der Waals surface area contributed by atoms with Crippen LogP contribution in [0.3, 0.4) is 0 Å². The molecular weight excluding hydrogens is 319 g/mol. The Morgan fingerprint density at radius 2 is 2.10 bits per heavy atom. The summed E-state index contributed by atoms with van der Waals surface area (Å²) >= 11 is 0.857. The molecule has 110 valence electrons. The number of hydrogen-bond acceptors (Lipinski definition) is 6. The Morgan fingerprint density at radius 3 is 2.70 bits per heavy atom. The molecule has 11 heteroatoms. The third-order valence-corrected chi connectivity index (χ3v) is 4.65. The Kier molecular flexibility index (Phi) is 3.84. The molecule has 0 aliphatic carbocycles. The number of nitrogens with zero attached hydrogens (tertiary/aromatic N) is 2. The molecule has 2 aromatic heterocycles. The van der Waals surface area contributed by atoms with Gasteiger partial charge in [-0.3, -0.25) is 0 Å². The summed E-state index contributed by atoms with van der Waals surface area (Å²) in [6.45, 7) is 0. The molecule has 2 rings (SSSR count). The van der Waals surface area contributed by atoms with Gasteiger partial charge in [0.15, 0.2) is 5.82 Å². The Morgan fingerprint density at radius 1 is 1.40 bits per heavy atom. The number of primary sulfonamides is 1. The molecule has 20 heavy (non-hydrogen) atoms. The van der Waals surface area contributed by atoms with E-state index in [1.165, 1.54) is 11.4 Å². The highest BCUT2D eigenvalue weighted by molar-refractivity contribution is 7.91. The normalized spacial score (nSPS) is 12.8. The van der Waals surface area contributed by atoms with Crippen LogP contribution in [0.25, 0.3) is 11.5 Å². The van der Waals surface area contributed by atoms with Crippen LogP contribution in [0, 0.1) is 0 Å². The van der Waals surface area contributed by atoms with Gasteiger partial charge in [0.2, 0.25) is 10.0 Å². The molecule has 0 radical (unpaired) electrons. The summed E-state index contributed by atoms with van der Waals surface area (Å²) in [6, 6.07) is 1.39. The van der Waals surface area contributed by atoms with Crippen molar-refractivity contribution in [1.29, 1.82) is 0 Å². The van der Waals surface area contributed by atoms with Crippen LogP contribution in [-0.4, -0.2) is 24.7 Å². The second-order valence-electron chi connectivity index (χ2n) is 3.80. The number of aromatic nitrogens is 2. The van der Waals surface area contributed by atoms with E-state index in [9.17, 15) is 21.6 Å². The first kappa shape index (κ1) is 14.9. The molecule has 0 unspecified atom stereocenters. The third kappa shape index (κ3) is 3.55. The molecular formula is C9H8F3N3O3S2. The first-order valence-corrected chi connectivity index (χ1v) is 7.59. The lowest BCUT2D eigenvalue weighted by atomic mass is 10.3. The quantitative estimate of drug-likeness (QED) is 0.925. The van der Waals surface area contributed by atoms with E-state index in [4.69, 9.17) is 9.66 Å². The van der Waals surface area contributed by atoms with E-state index >= 15 is 0 Å². The number of rotatable bonds is 4. The highest BCUT2D eigenvalue weighted by Gasteiger charge is 2.28. The average Bonchev–Trinajstić information content (AvgIpc) is 2.93.